The molecule has 0 unspecified atom stereocenters. The topological polar surface area (TPSA) is 114 Å². The van der Waals surface area contributed by atoms with E-state index in [1.165, 1.54) is 6.07 Å². The molecule has 0 radical (unpaired) electrons. The van der Waals surface area contributed by atoms with Gasteiger partial charge < -0.3 is 15.4 Å². The van der Waals surface area contributed by atoms with Crippen molar-refractivity contribution in [1.82, 2.24) is 5.32 Å². The largest absolute Gasteiger partial charge is 0.484 e. The van der Waals surface area contributed by atoms with Gasteiger partial charge in [0, 0.05) is 5.69 Å². The van der Waals surface area contributed by atoms with Gasteiger partial charge in [-0.1, -0.05) is 48.0 Å². The standard InChI is InChI=1S/C23H22ClN3O5S/c1-16-11-12-17(13-21(16)33(30,31)27-20-10-6-5-9-19(20)24)26-22(28)14-25-23(29)15-32-18-7-3-2-4-8-18/h2-13,27H,14-15H2,1H3,(H,25,29)(H,26,28). The summed E-state index contributed by atoms with van der Waals surface area (Å²) in [6.45, 7) is 1.10. The summed E-state index contributed by atoms with van der Waals surface area (Å²) in [5, 5.41) is 5.28. The zero-order valence-corrected chi connectivity index (χ0v) is 19.2. The Morgan fingerprint density at radius 3 is 2.36 bits per heavy atom. The Bertz CT molecular complexity index is 1250. The summed E-state index contributed by atoms with van der Waals surface area (Å²) in [6, 6.07) is 19.8. The van der Waals surface area contributed by atoms with Gasteiger partial charge in [0.05, 0.1) is 22.2 Å². The summed E-state index contributed by atoms with van der Waals surface area (Å²) < 4.78 is 33.5. The number of ether oxygens (including phenoxy) is 1. The number of para-hydroxylation sites is 2. The fourth-order valence-corrected chi connectivity index (χ4v) is 4.40. The third-order valence-electron chi connectivity index (χ3n) is 4.44. The van der Waals surface area contributed by atoms with Crippen LogP contribution in [0, 0.1) is 6.92 Å². The van der Waals surface area contributed by atoms with Crippen molar-refractivity contribution in [1.29, 1.82) is 0 Å². The molecule has 0 aliphatic rings. The van der Waals surface area contributed by atoms with E-state index in [1.807, 2.05) is 6.07 Å². The van der Waals surface area contributed by atoms with Gasteiger partial charge in [0.2, 0.25) is 5.91 Å². The third kappa shape index (κ3) is 6.96. The summed E-state index contributed by atoms with van der Waals surface area (Å²) in [6.07, 6.45) is 0. The second kappa shape index (κ2) is 10.8. The van der Waals surface area contributed by atoms with Crippen LogP contribution in [0.2, 0.25) is 5.02 Å². The van der Waals surface area contributed by atoms with Gasteiger partial charge in [-0.05, 0) is 48.9 Å². The second-order valence-electron chi connectivity index (χ2n) is 6.99. The van der Waals surface area contributed by atoms with Gasteiger partial charge in [0.1, 0.15) is 5.75 Å². The van der Waals surface area contributed by atoms with Crippen molar-refractivity contribution in [3.05, 3.63) is 83.4 Å². The Balaban J connectivity index is 1.59. The number of carbonyl (C=O) groups excluding carboxylic acids is 2. The van der Waals surface area contributed by atoms with E-state index < -0.39 is 21.8 Å². The number of hydrogen-bond donors (Lipinski definition) is 3. The van der Waals surface area contributed by atoms with Crippen LogP contribution < -0.4 is 20.1 Å². The summed E-state index contributed by atoms with van der Waals surface area (Å²) >= 11 is 6.05. The lowest BCUT2D eigenvalue weighted by molar-refractivity contribution is -0.125. The summed E-state index contributed by atoms with van der Waals surface area (Å²) in [4.78, 5) is 24.1. The van der Waals surface area contributed by atoms with Crippen LogP contribution in [0.4, 0.5) is 11.4 Å². The number of carbonyl (C=O) groups is 2. The number of sulfonamides is 1. The van der Waals surface area contributed by atoms with Gasteiger partial charge in [0.25, 0.3) is 15.9 Å². The van der Waals surface area contributed by atoms with E-state index >= 15 is 0 Å². The molecule has 3 aromatic carbocycles. The number of hydrogen-bond acceptors (Lipinski definition) is 5. The molecule has 8 nitrogen and oxygen atoms in total. The Morgan fingerprint density at radius 2 is 1.64 bits per heavy atom. The Kier molecular flexibility index (Phi) is 7.92. The molecule has 3 N–H and O–H groups in total. The summed E-state index contributed by atoms with van der Waals surface area (Å²) in [5.74, 6) is -0.449. The van der Waals surface area contributed by atoms with Crippen LogP contribution in [0.25, 0.3) is 0 Å². The second-order valence-corrected chi connectivity index (χ2v) is 9.05. The number of benzene rings is 3. The molecule has 10 heteroatoms. The quantitative estimate of drug-likeness (QED) is 0.427. The first kappa shape index (κ1) is 24.1. The van der Waals surface area contributed by atoms with Crippen LogP contribution in [-0.4, -0.2) is 33.4 Å². The van der Waals surface area contributed by atoms with Crippen LogP contribution >= 0.6 is 11.6 Å². The van der Waals surface area contributed by atoms with E-state index in [9.17, 15) is 18.0 Å². The highest BCUT2D eigenvalue weighted by atomic mass is 35.5. The maximum absolute atomic E-state index is 12.9. The van der Waals surface area contributed by atoms with Crippen molar-refractivity contribution in [3.8, 4) is 5.75 Å². The maximum atomic E-state index is 12.9. The minimum Gasteiger partial charge on any atom is -0.484 e. The smallest absolute Gasteiger partial charge is 0.262 e. The van der Waals surface area contributed by atoms with E-state index in [2.05, 4.69) is 15.4 Å². The van der Waals surface area contributed by atoms with Gasteiger partial charge in [-0.2, -0.15) is 0 Å². The molecule has 2 amide bonds. The van der Waals surface area contributed by atoms with E-state index in [-0.39, 0.29) is 34.4 Å². The first-order valence-electron chi connectivity index (χ1n) is 9.87. The average Bonchev–Trinajstić information content (AvgIpc) is 2.79. The molecule has 0 atom stereocenters. The van der Waals surface area contributed by atoms with Crippen molar-refractivity contribution in [3.63, 3.8) is 0 Å². The zero-order chi connectivity index (χ0) is 23.8. The highest BCUT2D eigenvalue weighted by Gasteiger charge is 2.19. The van der Waals surface area contributed by atoms with Gasteiger partial charge in [0.15, 0.2) is 6.61 Å². The molecule has 0 saturated heterocycles. The molecule has 33 heavy (non-hydrogen) atoms. The number of nitrogens with one attached hydrogen (secondary N) is 3. The molecule has 0 aliphatic heterocycles. The van der Waals surface area contributed by atoms with Crippen LogP contribution in [0.1, 0.15) is 5.56 Å². The Hall–Kier alpha value is -3.56. The van der Waals surface area contributed by atoms with Gasteiger partial charge >= 0.3 is 0 Å². The fraction of sp³-hybridized carbons (Fsp3) is 0.130. The van der Waals surface area contributed by atoms with Crippen LogP contribution in [-0.2, 0) is 19.6 Å². The van der Waals surface area contributed by atoms with E-state index in [4.69, 9.17) is 16.3 Å². The van der Waals surface area contributed by atoms with Crippen molar-refractivity contribution >= 4 is 44.8 Å². The molecule has 0 aromatic heterocycles. The molecule has 0 fully saturated rings. The highest BCUT2D eigenvalue weighted by molar-refractivity contribution is 7.92. The number of anilines is 2. The van der Waals surface area contributed by atoms with Crippen molar-refractivity contribution < 1.29 is 22.7 Å². The fourth-order valence-electron chi connectivity index (χ4n) is 2.81. The molecular weight excluding hydrogens is 466 g/mol. The monoisotopic (exact) mass is 487 g/mol. The Morgan fingerprint density at radius 1 is 0.939 bits per heavy atom. The van der Waals surface area contributed by atoms with E-state index in [1.54, 1.807) is 67.6 Å². The molecule has 0 bridgehead atoms. The summed E-state index contributed by atoms with van der Waals surface area (Å²) in [7, 11) is -3.96. The predicted octanol–water partition coefficient (Wildman–Crippen LogP) is 3.58. The molecule has 0 saturated carbocycles. The first-order chi connectivity index (χ1) is 15.7. The lowest BCUT2D eigenvalue weighted by Gasteiger charge is -2.13. The van der Waals surface area contributed by atoms with Crippen LogP contribution in [0.3, 0.4) is 0 Å². The molecule has 0 aliphatic carbocycles. The van der Waals surface area contributed by atoms with Gasteiger partial charge in [-0.15, -0.1) is 0 Å². The van der Waals surface area contributed by atoms with E-state index in [0.717, 1.165) is 0 Å². The summed E-state index contributed by atoms with van der Waals surface area (Å²) in [5.41, 5.74) is 0.993. The third-order valence-corrected chi connectivity index (χ3v) is 6.28. The normalized spacial score (nSPS) is 10.8. The van der Waals surface area contributed by atoms with Crippen LogP contribution in [0.15, 0.2) is 77.7 Å². The molecule has 172 valence electrons. The van der Waals surface area contributed by atoms with Gasteiger partial charge in [-0.25, -0.2) is 8.42 Å². The predicted molar refractivity (Wildman–Crippen MR) is 127 cm³/mol. The maximum Gasteiger partial charge on any atom is 0.262 e. The van der Waals surface area contributed by atoms with Gasteiger partial charge in [-0.3, -0.25) is 14.3 Å². The van der Waals surface area contributed by atoms with Crippen molar-refractivity contribution in [2.75, 3.05) is 23.2 Å². The number of halogens is 1. The number of rotatable bonds is 9. The molecule has 0 heterocycles. The molecule has 0 spiro atoms. The lowest BCUT2D eigenvalue weighted by Crippen LogP contribution is -2.35. The van der Waals surface area contributed by atoms with Crippen LogP contribution in [0.5, 0.6) is 5.75 Å². The number of amides is 2. The van der Waals surface area contributed by atoms with Crippen molar-refractivity contribution in [2.24, 2.45) is 0 Å². The molecule has 3 rings (SSSR count). The van der Waals surface area contributed by atoms with E-state index in [0.29, 0.717) is 11.3 Å². The average molecular weight is 488 g/mol. The highest BCUT2D eigenvalue weighted by Crippen LogP contribution is 2.26. The minimum absolute atomic E-state index is 0.0134. The first-order valence-corrected chi connectivity index (χ1v) is 11.7. The Labute approximate surface area is 197 Å². The molecular formula is C23H22ClN3O5S. The minimum atomic E-state index is -3.96. The number of aryl methyl sites for hydroxylation is 1. The SMILES string of the molecule is Cc1ccc(NC(=O)CNC(=O)COc2ccccc2)cc1S(=O)(=O)Nc1ccccc1Cl. The zero-order valence-electron chi connectivity index (χ0n) is 17.7. The lowest BCUT2D eigenvalue weighted by atomic mass is 10.2. The molecule has 3 aromatic rings. The van der Waals surface area contributed by atoms with Crippen molar-refractivity contribution in [2.45, 2.75) is 11.8 Å².